The highest BCUT2D eigenvalue weighted by Crippen LogP contribution is 2.26. The number of H-pyrrole nitrogens is 2. The number of fused-ring (bicyclic) bond motifs is 2. The number of amides is 1. The molecule has 0 spiro atoms. The molecule has 7 nitrogen and oxygen atoms in total. The Morgan fingerprint density at radius 1 is 1.20 bits per heavy atom. The molecule has 25 heavy (non-hydrogen) atoms. The molecule has 0 fully saturated rings. The van der Waals surface area contributed by atoms with Crippen LogP contribution < -0.4 is 10.6 Å². The Kier molecular flexibility index (Phi) is 3.56. The van der Waals surface area contributed by atoms with Gasteiger partial charge in [0.05, 0.1) is 5.52 Å². The van der Waals surface area contributed by atoms with Gasteiger partial charge in [-0.1, -0.05) is 18.2 Å². The third-order valence-electron chi connectivity index (χ3n) is 4.67. The number of aromatic nitrogens is 3. The van der Waals surface area contributed by atoms with Gasteiger partial charge in [0, 0.05) is 31.9 Å². The zero-order valence-electron chi connectivity index (χ0n) is 14.1. The van der Waals surface area contributed by atoms with Gasteiger partial charge in [-0.2, -0.15) is 0 Å². The van der Waals surface area contributed by atoms with E-state index in [0.29, 0.717) is 23.4 Å². The fourth-order valence-corrected chi connectivity index (χ4v) is 3.40. The van der Waals surface area contributed by atoms with Crippen molar-refractivity contribution in [2.75, 3.05) is 18.5 Å². The Balaban J connectivity index is 1.71. The molecule has 0 saturated heterocycles. The van der Waals surface area contributed by atoms with E-state index in [1.54, 1.807) is 12.1 Å². The summed E-state index contributed by atoms with van der Waals surface area (Å²) in [5, 5.41) is 0. The maximum Gasteiger partial charge on any atom is 0.325 e. The SMILES string of the molecule is CC1CN(C)c2ccccc2CN1C(=O)c1ccc2[nH]c(=O)[nH]c2n1. The van der Waals surface area contributed by atoms with Crippen molar-refractivity contribution in [1.82, 2.24) is 19.9 Å². The second kappa shape index (κ2) is 5.77. The minimum absolute atomic E-state index is 0.0349. The molecule has 1 unspecified atom stereocenters. The van der Waals surface area contributed by atoms with Crippen molar-refractivity contribution in [2.45, 2.75) is 19.5 Å². The molecule has 0 bridgehead atoms. The van der Waals surface area contributed by atoms with Crippen LogP contribution in [0, 0.1) is 0 Å². The average Bonchev–Trinajstić information content (AvgIpc) is 2.92. The number of hydrogen-bond donors (Lipinski definition) is 2. The van der Waals surface area contributed by atoms with Gasteiger partial charge < -0.3 is 14.8 Å². The van der Waals surface area contributed by atoms with Crippen molar-refractivity contribution < 1.29 is 4.79 Å². The molecule has 7 heteroatoms. The van der Waals surface area contributed by atoms with E-state index >= 15 is 0 Å². The first-order valence-electron chi connectivity index (χ1n) is 8.22. The summed E-state index contributed by atoms with van der Waals surface area (Å²) in [5.41, 5.74) is 3.25. The summed E-state index contributed by atoms with van der Waals surface area (Å²) in [6.45, 7) is 3.31. The quantitative estimate of drug-likeness (QED) is 0.708. The molecule has 1 aromatic carbocycles. The molecule has 128 valence electrons. The maximum atomic E-state index is 13.1. The van der Waals surface area contributed by atoms with Crippen LogP contribution in [0.3, 0.4) is 0 Å². The lowest BCUT2D eigenvalue weighted by atomic mass is 10.1. The third-order valence-corrected chi connectivity index (χ3v) is 4.67. The molecule has 3 heterocycles. The number of rotatable bonds is 1. The summed E-state index contributed by atoms with van der Waals surface area (Å²) in [6, 6.07) is 11.5. The van der Waals surface area contributed by atoms with E-state index in [-0.39, 0.29) is 17.6 Å². The first kappa shape index (κ1) is 15.4. The molecule has 2 N–H and O–H groups in total. The molecule has 3 aromatic rings. The summed E-state index contributed by atoms with van der Waals surface area (Å²) in [6.07, 6.45) is 0. The standard InChI is InChI=1S/C18H19N5O2/c1-11-9-22(2)15-6-4-3-5-12(15)10-23(11)17(24)14-8-7-13-16(19-14)21-18(25)20-13/h3-8,11H,9-10H2,1-2H3,(H2,19,20,21,25). The van der Waals surface area contributed by atoms with Crippen LogP contribution >= 0.6 is 0 Å². The number of aromatic amines is 2. The molecular formula is C18H19N5O2. The van der Waals surface area contributed by atoms with Crippen LogP contribution in [0.1, 0.15) is 23.0 Å². The second-order valence-electron chi connectivity index (χ2n) is 6.46. The summed E-state index contributed by atoms with van der Waals surface area (Å²) in [7, 11) is 2.04. The van der Waals surface area contributed by atoms with E-state index in [1.807, 2.05) is 37.1 Å². The number of pyridine rings is 1. The smallest absolute Gasteiger partial charge is 0.325 e. The fourth-order valence-electron chi connectivity index (χ4n) is 3.40. The maximum absolute atomic E-state index is 13.1. The van der Waals surface area contributed by atoms with Crippen molar-refractivity contribution in [3.05, 3.63) is 58.1 Å². The minimum atomic E-state index is -0.328. The van der Waals surface area contributed by atoms with Crippen molar-refractivity contribution >= 4 is 22.8 Å². The Hall–Kier alpha value is -3.09. The molecular weight excluding hydrogens is 318 g/mol. The molecule has 4 rings (SSSR count). The predicted molar refractivity (Wildman–Crippen MR) is 95.8 cm³/mol. The van der Waals surface area contributed by atoms with Crippen LogP contribution in [-0.2, 0) is 6.54 Å². The number of nitrogens with zero attached hydrogens (tertiary/aromatic N) is 3. The third kappa shape index (κ3) is 2.67. The van der Waals surface area contributed by atoms with Gasteiger partial charge in [-0.25, -0.2) is 9.78 Å². The van der Waals surface area contributed by atoms with Crippen LogP contribution in [0.25, 0.3) is 11.2 Å². The van der Waals surface area contributed by atoms with E-state index in [9.17, 15) is 9.59 Å². The summed E-state index contributed by atoms with van der Waals surface area (Å²) >= 11 is 0. The Morgan fingerprint density at radius 3 is 2.84 bits per heavy atom. The first-order chi connectivity index (χ1) is 12.0. The number of hydrogen-bond acceptors (Lipinski definition) is 4. The van der Waals surface area contributed by atoms with Gasteiger partial charge in [0.2, 0.25) is 0 Å². The van der Waals surface area contributed by atoms with Gasteiger partial charge in [0.1, 0.15) is 5.69 Å². The molecule has 0 saturated carbocycles. The van der Waals surface area contributed by atoms with E-state index in [4.69, 9.17) is 0 Å². The Labute approximate surface area is 144 Å². The Morgan fingerprint density at radius 2 is 2.00 bits per heavy atom. The fraction of sp³-hybridized carbons (Fsp3) is 0.278. The van der Waals surface area contributed by atoms with Crippen molar-refractivity contribution in [3.63, 3.8) is 0 Å². The number of carbonyl (C=O) groups excluding carboxylic acids is 1. The van der Waals surface area contributed by atoms with Crippen LogP contribution in [0.4, 0.5) is 5.69 Å². The van der Waals surface area contributed by atoms with E-state index in [0.717, 1.165) is 17.8 Å². The van der Waals surface area contributed by atoms with Crippen LogP contribution in [-0.4, -0.2) is 45.4 Å². The number of benzene rings is 1. The monoisotopic (exact) mass is 337 g/mol. The first-order valence-corrected chi connectivity index (χ1v) is 8.22. The zero-order valence-corrected chi connectivity index (χ0v) is 14.1. The molecule has 1 atom stereocenters. The lowest BCUT2D eigenvalue weighted by Gasteiger charge is -2.28. The van der Waals surface area contributed by atoms with Crippen LogP contribution in [0.5, 0.6) is 0 Å². The average molecular weight is 337 g/mol. The highest BCUT2D eigenvalue weighted by molar-refractivity contribution is 5.94. The number of imidazole rings is 1. The van der Waals surface area contributed by atoms with Gasteiger partial charge in [0.25, 0.3) is 5.91 Å². The van der Waals surface area contributed by atoms with E-state index in [1.165, 1.54) is 0 Å². The van der Waals surface area contributed by atoms with Gasteiger partial charge in [0.15, 0.2) is 5.65 Å². The topological polar surface area (TPSA) is 85.1 Å². The van der Waals surface area contributed by atoms with Gasteiger partial charge >= 0.3 is 5.69 Å². The van der Waals surface area contributed by atoms with Gasteiger partial charge in [-0.05, 0) is 30.7 Å². The molecule has 0 radical (unpaired) electrons. The summed E-state index contributed by atoms with van der Waals surface area (Å²) in [4.78, 5) is 38.0. The largest absolute Gasteiger partial charge is 0.372 e. The number of nitrogens with one attached hydrogen (secondary N) is 2. The van der Waals surface area contributed by atoms with Crippen molar-refractivity contribution in [2.24, 2.45) is 0 Å². The predicted octanol–water partition coefficient (Wildman–Crippen LogP) is 1.73. The molecule has 0 aliphatic carbocycles. The number of carbonyl (C=O) groups is 1. The van der Waals surface area contributed by atoms with Crippen LogP contribution in [0.2, 0.25) is 0 Å². The highest BCUT2D eigenvalue weighted by atomic mass is 16.2. The lowest BCUT2D eigenvalue weighted by Crippen LogP contribution is -2.42. The van der Waals surface area contributed by atoms with E-state index in [2.05, 4.69) is 25.9 Å². The molecule has 2 aromatic heterocycles. The summed E-state index contributed by atoms with van der Waals surface area (Å²) in [5.74, 6) is -0.137. The zero-order chi connectivity index (χ0) is 17.6. The lowest BCUT2D eigenvalue weighted by molar-refractivity contribution is 0.0681. The normalized spacial score (nSPS) is 17.4. The van der Waals surface area contributed by atoms with Crippen molar-refractivity contribution in [1.29, 1.82) is 0 Å². The minimum Gasteiger partial charge on any atom is -0.372 e. The molecule has 1 amide bonds. The van der Waals surface area contributed by atoms with Gasteiger partial charge in [-0.15, -0.1) is 0 Å². The number of likely N-dealkylation sites (N-methyl/N-ethyl adjacent to an activating group) is 1. The van der Waals surface area contributed by atoms with E-state index < -0.39 is 0 Å². The van der Waals surface area contributed by atoms with Crippen LogP contribution in [0.15, 0.2) is 41.2 Å². The summed E-state index contributed by atoms with van der Waals surface area (Å²) < 4.78 is 0. The number of anilines is 1. The van der Waals surface area contributed by atoms with Gasteiger partial charge in [-0.3, -0.25) is 9.78 Å². The molecule has 1 aliphatic heterocycles. The Bertz CT molecular complexity index is 1010. The molecule has 1 aliphatic rings. The number of para-hydroxylation sites is 1. The van der Waals surface area contributed by atoms with Crippen molar-refractivity contribution in [3.8, 4) is 0 Å². The second-order valence-corrected chi connectivity index (χ2v) is 6.46. The highest BCUT2D eigenvalue weighted by Gasteiger charge is 2.28.